The van der Waals surface area contributed by atoms with Crippen molar-refractivity contribution in [3.63, 3.8) is 0 Å². The molecule has 0 bridgehead atoms. The topological polar surface area (TPSA) is 101 Å². The number of sulfone groups is 1. The molecule has 1 amide bonds. The van der Waals surface area contributed by atoms with Gasteiger partial charge in [0.2, 0.25) is 10.0 Å². The molecular formula is C26H33FN2O5S2. The van der Waals surface area contributed by atoms with Gasteiger partial charge in [0, 0.05) is 49.2 Å². The number of alkyl halides is 1. The molecule has 1 fully saturated rings. The largest absolute Gasteiger partial charge is 0.347 e. The van der Waals surface area contributed by atoms with Gasteiger partial charge in [-0.05, 0) is 49.1 Å². The SMILES string of the molecule is CCc1ccc(S(=O)(=O)N2CCC(F)(C(=O)N[C@H](C)/C=C\S(C)(=O)=O)CC2)c(-c2ccccc2C)c1. The van der Waals surface area contributed by atoms with Crippen LogP contribution in [-0.2, 0) is 31.1 Å². The standard InChI is InChI=1S/C26H33FN2O5S2/c1-5-21-10-11-24(23(18-21)22-9-7-6-8-19(22)2)36(33,34)29-15-13-26(27,14-16-29)25(30)28-20(3)12-17-35(4,31)32/h6-12,17-18,20H,5,13-16H2,1-4H3,(H,28,30)/b17-12-/t20-/m1/s1. The van der Waals surface area contributed by atoms with Crippen LogP contribution < -0.4 is 5.32 Å². The van der Waals surface area contributed by atoms with Crippen molar-refractivity contribution in [2.75, 3.05) is 19.3 Å². The Morgan fingerprint density at radius 2 is 1.75 bits per heavy atom. The molecule has 10 heteroatoms. The van der Waals surface area contributed by atoms with E-state index in [2.05, 4.69) is 5.32 Å². The molecule has 0 aliphatic carbocycles. The highest BCUT2D eigenvalue weighted by Crippen LogP contribution is 2.35. The summed E-state index contributed by atoms with van der Waals surface area (Å²) >= 11 is 0. The molecule has 1 N–H and O–H groups in total. The number of piperidine rings is 1. The van der Waals surface area contributed by atoms with Crippen LogP contribution in [0.2, 0.25) is 0 Å². The van der Waals surface area contributed by atoms with Crippen LogP contribution >= 0.6 is 0 Å². The third kappa shape index (κ3) is 6.41. The summed E-state index contributed by atoms with van der Waals surface area (Å²) in [5, 5.41) is 3.42. The van der Waals surface area contributed by atoms with Crippen molar-refractivity contribution in [3.8, 4) is 11.1 Å². The number of amides is 1. The minimum absolute atomic E-state index is 0.150. The van der Waals surface area contributed by atoms with Crippen molar-refractivity contribution < 1.29 is 26.0 Å². The lowest BCUT2D eigenvalue weighted by Gasteiger charge is -2.35. The maximum atomic E-state index is 15.5. The van der Waals surface area contributed by atoms with Gasteiger partial charge in [-0.1, -0.05) is 43.3 Å². The van der Waals surface area contributed by atoms with Gasteiger partial charge >= 0.3 is 0 Å². The van der Waals surface area contributed by atoms with E-state index in [4.69, 9.17) is 0 Å². The molecule has 0 unspecified atom stereocenters. The maximum absolute atomic E-state index is 15.5. The summed E-state index contributed by atoms with van der Waals surface area (Å²) in [4.78, 5) is 12.7. The van der Waals surface area contributed by atoms with Gasteiger partial charge in [-0.15, -0.1) is 0 Å². The Balaban J connectivity index is 1.81. The van der Waals surface area contributed by atoms with Crippen molar-refractivity contribution in [1.82, 2.24) is 9.62 Å². The molecule has 0 spiro atoms. The molecule has 1 heterocycles. The number of hydrogen-bond donors (Lipinski definition) is 1. The van der Waals surface area contributed by atoms with Gasteiger partial charge in [0.15, 0.2) is 15.5 Å². The zero-order valence-corrected chi connectivity index (χ0v) is 22.6. The van der Waals surface area contributed by atoms with Gasteiger partial charge in [-0.25, -0.2) is 21.2 Å². The first-order chi connectivity index (χ1) is 16.8. The predicted molar refractivity (Wildman–Crippen MR) is 139 cm³/mol. The second kappa shape index (κ2) is 10.8. The highest BCUT2D eigenvalue weighted by atomic mass is 32.2. The molecule has 2 aromatic rings. The number of hydrogen-bond acceptors (Lipinski definition) is 5. The van der Waals surface area contributed by atoms with E-state index in [1.807, 2.05) is 44.2 Å². The summed E-state index contributed by atoms with van der Waals surface area (Å²) in [5.74, 6) is -0.877. The number of sulfonamides is 1. The summed E-state index contributed by atoms with van der Waals surface area (Å²) in [6.45, 7) is 5.16. The van der Waals surface area contributed by atoms with E-state index in [0.717, 1.165) is 34.8 Å². The lowest BCUT2D eigenvalue weighted by Crippen LogP contribution is -2.53. The molecular weight excluding hydrogens is 503 g/mol. The Hall–Kier alpha value is -2.56. The molecule has 36 heavy (non-hydrogen) atoms. The summed E-state index contributed by atoms with van der Waals surface area (Å²) < 4.78 is 66.6. The first kappa shape index (κ1) is 28.0. The number of nitrogens with zero attached hydrogens (tertiary/aromatic N) is 1. The predicted octanol–water partition coefficient (Wildman–Crippen LogP) is 3.78. The molecule has 1 atom stereocenters. The lowest BCUT2D eigenvalue weighted by molar-refractivity contribution is -0.135. The van der Waals surface area contributed by atoms with Crippen LogP contribution in [0.4, 0.5) is 4.39 Å². The van der Waals surface area contributed by atoms with E-state index >= 15 is 4.39 Å². The third-order valence-corrected chi connectivity index (χ3v) is 9.01. The minimum atomic E-state index is -3.95. The van der Waals surface area contributed by atoms with Gasteiger partial charge in [0.05, 0.1) is 4.90 Å². The molecule has 3 rings (SSSR count). The molecule has 1 saturated heterocycles. The summed E-state index contributed by atoms with van der Waals surface area (Å²) in [6.07, 6.45) is 2.44. The van der Waals surface area contributed by atoms with E-state index < -0.39 is 37.5 Å². The van der Waals surface area contributed by atoms with E-state index in [-0.39, 0.29) is 30.8 Å². The number of halogens is 1. The Kier molecular flexibility index (Phi) is 8.42. The highest BCUT2D eigenvalue weighted by Gasteiger charge is 2.44. The van der Waals surface area contributed by atoms with Crippen LogP contribution in [0.1, 0.15) is 37.8 Å². The Bertz CT molecular complexity index is 1360. The summed E-state index contributed by atoms with van der Waals surface area (Å²) in [6, 6.07) is 12.1. The smallest absolute Gasteiger partial charge is 0.258 e. The summed E-state index contributed by atoms with van der Waals surface area (Å²) in [7, 11) is -7.32. The van der Waals surface area contributed by atoms with Crippen LogP contribution in [-0.4, -0.2) is 58.1 Å². The zero-order valence-electron chi connectivity index (χ0n) is 21.0. The second-order valence-corrected chi connectivity index (χ2v) is 13.1. The maximum Gasteiger partial charge on any atom is 0.258 e. The van der Waals surface area contributed by atoms with Crippen molar-refractivity contribution in [3.05, 3.63) is 65.1 Å². The van der Waals surface area contributed by atoms with Crippen LogP contribution in [0.5, 0.6) is 0 Å². The van der Waals surface area contributed by atoms with E-state index in [1.54, 1.807) is 12.1 Å². The fraction of sp³-hybridized carbons (Fsp3) is 0.423. The van der Waals surface area contributed by atoms with Crippen LogP contribution in [0.3, 0.4) is 0 Å². The highest BCUT2D eigenvalue weighted by molar-refractivity contribution is 7.93. The fourth-order valence-electron chi connectivity index (χ4n) is 4.20. The molecule has 1 aliphatic rings. The normalized spacial score (nSPS) is 17.7. The van der Waals surface area contributed by atoms with Gasteiger partial charge in [0.25, 0.3) is 5.91 Å². The van der Waals surface area contributed by atoms with Crippen molar-refractivity contribution in [2.24, 2.45) is 0 Å². The van der Waals surface area contributed by atoms with Crippen molar-refractivity contribution in [1.29, 1.82) is 0 Å². The fourth-order valence-corrected chi connectivity index (χ4v) is 6.35. The Morgan fingerprint density at radius 3 is 2.33 bits per heavy atom. The third-order valence-electron chi connectivity index (χ3n) is 6.40. The van der Waals surface area contributed by atoms with E-state index in [1.165, 1.54) is 17.3 Å². The molecule has 1 aliphatic heterocycles. The first-order valence-electron chi connectivity index (χ1n) is 11.8. The average Bonchev–Trinajstić information content (AvgIpc) is 2.82. The monoisotopic (exact) mass is 536 g/mol. The van der Waals surface area contributed by atoms with E-state index in [0.29, 0.717) is 5.56 Å². The molecule has 0 saturated carbocycles. The van der Waals surface area contributed by atoms with Gasteiger partial charge in [-0.3, -0.25) is 4.79 Å². The van der Waals surface area contributed by atoms with Crippen LogP contribution in [0.25, 0.3) is 11.1 Å². The van der Waals surface area contributed by atoms with Crippen molar-refractivity contribution >= 4 is 25.8 Å². The number of rotatable bonds is 8. The number of benzene rings is 2. The zero-order chi connectivity index (χ0) is 26.7. The first-order valence-corrected chi connectivity index (χ1v) is 15.2. The molecule has 196 valence electrons. The Labute approximate surface area is 213 Å². The van der Waals surface area contributed by atoms with Gasteiger partial charge in [0.1, 0.15) is 0 Å². The lowest BCUT2D eigenvalue weighted by atomic mass is 9.93. The molecule has 0 aromatic heterocycles. The summed E-state index contributed by atoms with van der Waals surface area (Å²) in [5.41, 5.74) is 1.13. The van der Waals surface area contributed by atoms with Gasteiger partial charge < -0.3 is 5.32 Å². The Morgan fingerprint density at radius 1 is 1.11 bits per heavy atom. The van der Waals surface area contributed by atoms with E-state index in [9.17, 15) is 21.6 Å². The number of nitrogens with one attached hydrogen (secondary N) is 1. The molecule has 2 aromatic carbocycles. The quantitative estimate of drug-likeness (QED) is 0.554. The number of aryl methyl sites for hydroxylation is 2. The minimum Gasteiger partial charge on any atom is -0.347 e. The van der Waals surface area contributed by atoms with Crippen molar-refractivity contribution in [2.45, 2.75) is 56.6 Å². The number of carbonyl (C=O) groups is 1. The number of carbonyl (C=O) groups excluding carboxylic acids is 1. The van der Waals surface area contributed by atoms with Gasteiger partial charge in [-0.2, -0.15) is 4.31 Å². The molecule has 0 radical (unpaired) electrons. The van der Waals surface area contributed by atoms with Crippen LogP contribution in [0, 0.1) is 6.92 Å². The average molecular weight is 537 g/mol. The second-order valence-electron chi connectivity index (χ2n) is 9.29. The van der Waals surface area contributed by atoms with Crippen LogP contribution in [0.15, 0.2) is 58.8 Å². The molecule has 7 nitrogen and oxygen atoms in total.